The lowest BCUT2D eigenvalue weighted by atomic mass is 10.3. The summed E-state index contributed by atoms with van der Waals surface area (Å²) in [5, 5.41) is 10.6. The Morgan fingerprint density at radius 2 is 2.25 bits per heavy atom. The summed E-state index contributed by atoms with van der Waals surface area (Å²) in [6.07, 6.45) is -1.09. The van der Waals surface area contributed by atoms with E-state index in [-0.39, 0.29) is 0 Å². The largest absolute Gasteiger partial charge is 0.465 e. The second kappa shape index (κ2) is 3.61. The van der Waals surface area contributed by atoms with Crippen LogP contribution in [0, 0.1) is 3.57 Å². The van der Waals surface area contributed by atoms with E-state index in [1.54, 1.807) is 18.2 Å². The fourth-order valence-electron chi connectivity index (χ4n) is 0.745. The summed E-state index contributed by atoms with van der Waals surface area (Å²) in [5.74, 6) is 0. The maximum Gasteiger partial charge on any atom is 0.409 e. The zero-order valence-corrected chi connectivity index (χ0v) is 8.20. The van der Waals surface area contributed by atoms with Gasteiger partial charge in [-0.25, -0.2) is 4.79 Å². The van der Waals surface area contributed by atoms with E-state index in [1.807, 2.05) is 0 Å². The molecule has 12 heavy (non-hydrogen) atoms. The van der Waals surface area contributed by atoms with Crippen LogP contribution in [0.25, 0.3) is 0 Å². The van der Waals surface area contributed by atoms with Crippen molar-refractivity contribution in [1.82, 2.24) is 0 Å². The first-order chi connectivity index (χ1) is 5.59. The summed E-state index contributed by atoms with van der Waals surface area (Å²) < 4.78 is 0.906. The van der Waals surface area contributed by atoms with Gasteiger partial charge in [0.2, 0.25) is 0 Å². The summed E-state index contributed by atoms with van der Waals surface area (Å²) in [6, 6.07) is 4.99. The van der Waals surface area contributed by atoms with Crippen LogP contribution in [0.5, 0.6) is 0 Å². The van der Waals surface area contributed by atoms with Crippen LogP contribution < -0.4 is 11.1 Å². The van der Waals surface area contributed by atoms with Crippen molar-refractivity contribution in [1.29, 1.82) is 0 Å². The molecule has 1 aromatic carbocycles. The molecule has 0 fully saturated rings. The third-order valence-electron chi connectivity index (χ3n) is 1.25. The van der Waals surface area contributed by atoms with Crippen LogP contribution in [0.2, 0.25) is 0 Å². The van der Waals surface area contributed by atoms with Crippen LogP contribution in [-0.2, 0) is 0 Å². The molecule has 0 saturated carbocycles. The molecule has 5 heteroatoms. The molecule has 0 radical (unpaired) electrons. The monoisotopic (exact) mass is 278 g/mol. The quantitative estimate of drug-likeness (QED) is 0.543. The number of hydrogen-bond donors (Lipinski definition) is 3. The van der Waals surface area contributed by atoms with Gasteiger partial charge in [0.25, 0.3) is 0 Å². The van der Waals surface area contributed by atoms with Crippen molar-refractivity contribution < 1.29 is 9.90 Å². The second-order valence-corrected chi connectivity index (χ2v) is 3.33. The van der Waals surface area contributed by atoms with Crippen molar-refractivity contribution in [3.05, 3.63) is 21.8 Å². The highest BCUT2D eigenvalue weighted by Crippen LogP contribution is 2.19. The Balaban J connectivity index is 2.89. The zero-order valence-electron chi connectivity index (χ0n) is 6.04. The predicted molar refractivity (Wildman–Crippen MR) is 55.2 cm³/mol. The fraction of sp³-hybridized carbons (Fsp3) is 0. The molecule has 0 heterocycles. The van der Waals surface area contributed by atoms with E-state index in [0.717, 1.165) is 3.57 Å². The highest BCUT2D eigenvalue weighted by atomic mass is 127. The van der Waals surface area contributed by atoms with Crippen molar-refractivity contribution in [2.24, 2.45) is 0 Å². The summed E-state index contributed by atoms with van der Waals surface area (Å²) in [4.78, 5) is 10.2. The normalized spacial score (nSPS) is 9.42. The lowest BCUT2D eigenvalue weighted by Gasteiger charge is -2.02. The van der Waals surface area contributed by atoms with Crippen LogP contribution in [0.3, 0.4) is 0 Å². The predicted octanol–water partition coefficient (Wildman–Crippen LogP) is 1.96. The molecule has 1 aromatic rings. The highest BCUT2D eigenvalue weighted by Gasteiger charge is 1.99. The number of rotatable bonds is 1. The maximum absolute atomic E-state index is 10.2. The number of nitrogens with one attached hydrogen (secondary N) is 1. The van der Waals surface area contributed by atoms with Crippen molar-refractivity contribution in [2.75, 3.05) is 11.1 Å². The molecular formula is C7H7IN2O2. The minimum Gasteiger partial charge on any atom is -0.465 e. The van der Waals surface area contributed by atoms with E-state index >= 15 is 0 Å². The first-order valence-corrected chi connectivity index (χ1v) is 4.22. The molecule has 64 valence electrons. The smallest absolute Gasteiger partial charge is 0.409 e. The molecule has 0 aromatic heterocycles. The first kappa shape index (κ1) is 9.11. The molecule has 0 aliphatic carbocycles. The molecule has 0 spiro atoms. The SMILES string of the molecule is Nc1cc(NC(=O)O)ccc1I. The number of nitrogens with two attached hydrogens (primary N) is 1. The van der Waals surface area contributed by atoms with Gasteiger partial charge >= 0.3 is 6.09 Å². The molecule has 1 rings (SSSR count). The molecule has 4 N–H and O–H groups in total. The van der Waals surface area contributed by atoms with Crippen LogP contribution in [0.1, 0.15) is 0 Å². The summed E-state index contributed by atoms with van der Waals surface area (Å²) in [7, 11) is 0. The van der Waals surface area contributed by atoms with Gasteiger partial charge in [-0.1, -0.05) is 0 Å². The molecule has 0 bridgehead atoms. The Labute approximate surface area is 82.9 Å². The van der Waals surface area contributed by atoms with Crippen molar-refractivity contribution in [3.63, 3.8) is 0 Å². The maximum atomic E-state index is 10.2. The Hall–Kier alpha value is -0.980. The number of hydrogen-bond acceptors (Lipinski definition) is 2. The van der Waals surface area contributed by atoms with E-state index in [9.17, 15) is 4.79 Å². The van der Waals surface area contributed by atoms with Crippen LogP contribution in [0.15, 0.2) is 18.2 Å². The Bertz CT molecular complexity index is 314. The van der Waals surface area contributed by atoms with E-state index in [4.69, 9.17) is 10.8 Å². The zero-order chi connectivity index (χ0) is 9.14. The van der Waals surface area contributed by atoms with E-state index in [2.05, 4.69) is 27.9 Å². The van der Waals surface area contributed by atoms with Gasteiger partial charge < -0.3 is 10.8 Å². The third-order valence-corrected chi connectivity index (χ3v) is 2.23. The number of benzene rings is 1. The number of carboxylic acid groups (broad SMARTS) is 1. The minimum atomic E-state index is -1.09. The standard InChI is InChI=1S/C7H7IN2O2/c8-5-2-1-4(3-6(5)9)10-7(11)12/h1-3,10H,9H2,(H,11,12). The van der Waals surface area contributed by atoms with Gasteiger partial charge in [-0.3, -0.25) is 5.32 Å². The van der Waals surface area contributed by atoms with Gasteiger partial charge in [0.1, 0.15) is 0 Å². The summed E-state index contributed by atoms with van der Waals surface area (Å²) in [5.41, 5.74) is 6.61. The first-order valence-electron chi connectivity index (χ1n) is 3.14. The number of nitrogen functional groups attached to an aromatic ring is 1. The molecule has 1 amide bonds. The summed E-state index contributed by atoms with van der Waals surface area (Å²) >= 11 is 2.07. The van der Waals surface area contributed by atoms with Crippen molar-refractivity contribution in [2.45, 2.75) is 0 Å². The molecule has 0 aliphatic heterocycles. The molecular weight excluding hydrogens is 271 g/mol. The second-order valence-electron chi connectivity index (χ2n) is 2.17. The van der Waals surface area contributed by atoms with Crippen molar-refractivity contribution in [3.8, 4) is 0 Å². The topological polar surface area (TPSA) is 75.3 Å². The Morgan fingerprint density at radius 3 is 2.75 bits per heavy atom. The van der Waals surface area contributed by atoms with Gasteiger partial charge in [-0.05, 0) is 40.8 Å². The number of anilines is 2. The number of halogens is 1. The van der Waals surface area contributed by atoms with Crippen LogP contribution >= 0.6 is 22.6 Å². The van der Waals surface area contributed by atoms with Gasteiger partial charge in [-0.2, -0.15) is 0 Å². The van der Waals surface area contributed by atoms with Crippen LogP contribution in [0.4, 0.5) is 16.2 Å². The molecule has 0 aliphatic rings. The summed E-state index contributed by atoms with van der Waals surface area (Å²) in [6.45, 7) is 0. The number of amides is 1. The average molecular weight is 278 g/mol. The van der Waals surface area contributed by atoms with E-state index in [1.165, 1.54) is 0 Å². The van der Waals surface area contributed by atoms with Gasteiger partial charge in [0.15, 0.2) is 0 Å². The minimum absolute atomic E-state index is 0.486. The molecule has 4 nitrogen and oxygen atoms in total. The highest BCUT2D eigenvalue weighted by molar-refractivity contribution is 14.1. The Morgan fingerprint density at radius 1 is 1.58 bits per heavy atom. The lowest BCUT2D eigenvalue weighted by molar-refractivity contribution is 0.210. The van der Waals surface area contributed by atoms with Gasteiger partial charge in [-0.15, -0.1) is 0 Å². The van der Waals surface area contributed by atoms with Gasteiger partial charge in [0.05, 0.1) is 0 Å². The van der Waals surface area contributed by atoms with E-state index < -0.39 is 6.09 Å². The number of carbonyl (C=O) groups is 1. The fourth-order valence-corrected chi connectivity index (χ4v) is 1.08. The molecule has 0 unspecified atom stereocenters. The molecule has 0 saturated heterocycles. The third kappa shape index (κ3) is 2.26. The van der Waals surface area contributed by atoms with Crippen LogP contribution in [-0.4, -0.2) is 11.2 Å². The average Bonchev–Trinajstić information content (AvgIpc) is 1.96. The lowest BCUT2D eigenvalue weighted by Crippen LogP contribution is -2.07. The van der Waals surface area contributed by atoms with Gasteiger partial charge in [0, 0.05) is 14.9 Å². The Kier molecular flexibility index (Phi) is 2.74. The van der Waals surface area contributed by atoms with E-state index in [0.29, 0.717) is 11.4 Å². The van der Waals surface area contributed by atoms with Crippen molar-refractivity contribution >= 4 is 40.1 Å². The molecule has 0 atom stereocenters.